The predicted molar refractivity (Wildman–Crippen MR) is 66.9 cm³/mol. The fraction of sp³-hybridized carbons (Fsp3) is 0.933. The third-order valence-corrected chi connectivity index (χ3v) is 6.23. The molecule has 3 saturated carbocycles. The van der Waals surface area contributed by atoms with E-state index in [2.05, 4.69) is 6.92 Å². The van der Waals surface area contributed by atoms with Gasteiger partial charge in [-0.1, -0.05) is 20.8 Å². The molecule has 0 aromatic heterocycles. The first kappa shape index (κ1) is 12.2. The van der Waals surface area contributed by atoms with Crippen LogP contribution < -0.4 is 0 Å². The van der Waals surface area contributed by atoms with E-state index < -0.39 is 6.29 Å². The Balaban J connectivity index is 1.53. The van der Waals surface area contributed by atoms with Crippen molar-refractivity contribution in [1.29, 1.82) is 0 Å². The maximum Gasteiger partial charge on any atom is 0.309 e. The third-order valence-electron chi connectivity index (χ3n) is 6.23. The van der Waals surface area contributed by atoms with Gasteiger partial charge in [-0.15, -0.1) is 0 Å². The van der Waals surface area contributed by atoms with Gasteiger partial charge in [0.2, 0.25) is 0 Å². The number of fused-ring (bicyclic) bond motifs is 1. The lowest BCUT2D eigenvalue weighted by Crippen LogP contribution is -2.40. The lowest BCUT2D eigenvalue weighted by atomic mass is 9.89. The monoisotopic (exact) mass is 266 g/mol. The van der Waals surface area contributed by atoms with Gasteiger partial charge in [0.05, 0.1) is 5.92 Å². The number of carbonyl (C=O) groups is 1. The summed E-state index contributed by atoms with van der Waals surface area (Å²) >= 11 is 0. The van der Waals surface area contributed by atoms with E-state index in [1.54, 1.807) is 0 Å². The first-order valence-electron chi connectivity index (χ1n) is 7.49. The number of aliphatic hydroxyl groups is 1. The Morgan fingerprint density at radius 2 is 2.16 bits per heavy atom. The van der Waals surface area contributed by atoms with Crippen LogP contribution in [-0.4, -0.2) is 29.6 Å². The van der Waals surface area contributed by atoms with Gasteiger partial charge in [0.25, 0.3) is 0 Å². The van der Waals surface area contributed by atoms with Gasteiger partial charge >= 0.3 is 5.97 Å². The molecule has 4 rings (SSSR count). The second kappa shape index (κ2) is 3.53. The molecule has 1 heterocycles. The van der Waals surface area contributed by atoms with Crippen LogP contribution in [0.15, 0.2) is 0 Å². The average Bonchev–Trinajstić information content (AvgIpc) is 2.66. The van der Waals surface area contributed by atoms with E-state index in [1.165, 1.54) is 0 Å². The fourth-order valence-corrected chi connectivity index (χ4v) is 4.65. The lowest BCUT2D eigenvalue weighted by Gasteiger charge is -2.33. The number of rotatable bonds is 4. The minimum Gasteiger partial charge on any atom is -0.459 e. The largest absolute Gasteiger partial charge is 0.459 e. The number of aliphatic hydroxyl groups excluding tert-OH is 1. The summed E-state index contributed by atoms with van der Waals surface area (Å²) in [7, 11) is 0. The Bertz CT molecular complexity index is 432. The Morgan fingerprint density at radius 3 is 2.84 bits per heavy atom. The van der Waals surface area contributed by atoms with E-state index in [4.69, 9.17) is 9.47 Å². The molecule has 0 spiro atoms. The zero-order chi connectivity index (χ0) is 13.5. The van der Waals surface area contributed by atoms with Gasteiger partial charge in [-0.05, 0) is 30.6 Å². The highest BCUT2D eigenvalue weighted by Crippen LogP contribution is 2.73. The van der Waals surface area contributed by atoms with Crippen molar-refractivity contribution in [1.82, 2.24) is 0 Å². The maximum absolute atomic E-state index is 11.8. The van der Waals surface area contributed by atoms with Crippen LogP contribution in [0.4, 0.5) is 0 Å². The van der Waals surface area contributed by atoms with Crippen molar-refractivity contribution in [3.63, 3.8) is 0 Å². The summed E-state index contributed by atoms with van der Waals surface area (Å²) in [6.45, 7) is 6.07. The van der Waals surface area contributed by atoms with Crippen LogP contribution in [0.5, 0.6) is 0 Å². The molecule has 4 nitrogen and oxygen atoms in total. The number of hydrogen-bond acceptors (Lipinski definition) is 4. The number of hydrogen-bond donors (Lipinski definition) is 1. The van der Waals surface area contributed by atoms with Crippen molar-refractivity contribution in [2.24, 2.45) is 35.0 Å². The standard InChI is InChI=1S/C15H22O4/c1-4-15(2,3)14(17)19-12-9-6-5-7-10(8(6)9)11(12)18-13(7)16/h6-12,14,17H,4-5H2,1-3H3. The lowest BCUT2D eigenvalue weighted by molar-refractivity contribution is -0.217. The average molecular weight is 266 g/mol. The van der Waals surface area contributed by atoms with Gasteiger partial charge in [0.15, 0.2) is 6.29 Å². The van der Waals surface area contributed by atoms with Crippen molar-refractivity contribution in [3.8, 4) is 0 Å². The summed E-state index contributed by atoms with van der Waals surface area (Å²) in [5.41, 5.74) is -0.256. The van der Waals surface area contributed by atoms with Gasteiger partial charge in [-0.2, -0.15) is 0 Å². The summed E-state index contributed by atoms with van der Waals surface area (Å²) < 4.78 is 11.5. The molecule has 0 radical (unpaired) electrons. The molecule has 4 heteroatoms. The molecule has 4 fully saturated rings. The molecule has 1 aliphatic heterocycles. The fourth-order valence-electron chi connectivity index (χ4n) is 4.65. The minimum atomic E-state index is -0.779. The Labute approximate surface area is 113 Å². The molecule has 0 bridgehead atoms. The molecule has 1 N–H and O–H groups in total. The summed E-state index contributed by atoms with van der Waals surface area (Å²) in [5, 5.41) is 10.3. The van der Waals surface area contributed by atoms with Gasteiger partial charge in [0.1, 0.15) is 12.2 Å². The topological polar surface area (TPSA) is 55.8 Å². The van der Waals surface area contributed by atoms with Crippen LogP contribution in [0.2, 0.25) is 0 Å². The molecular formula is C15H22O4. The molecule has 19 heavy (non-hydrogen) atoms. The van der Waals surface area contributed by atoms with Crippen molar-refractivity contribution >= 4 is 5.97 Å². The quantitative estimate of drug-likeness (QED) is 0.620. The summed E-state index contributed by atoms with van der Waals surface area (Å²) in [6.07, 6.45) is 0.905. The molecule has 0 aromatic rings. The van der Waals surface area contributed by atoms with Crippen LogP contribution in [-0.2, 0) is 14.3 Å². The van der Waals surface area contributed by atoms with E-state index >= 15 is 0 Å². The Kier molecular flexibility index (Phi) is 2.26. The first-order chi connectivity index (χ1) is 8.95. The molecule has 0 amide bonds. The first-order valence-corrected chi connectivity index (χ1v) is 7.49. The van der Waals surface area contributed by atoms with Gasteiger partial charge in [-0.25, -0.2) is 0 Å². The van der Waals surface area contributed by atoms with E-state index in [1.807, 2.05) is 13.8 Å². The zero-order valence-corrected chi connectivity index (χ0v) is 11.7. The van der Waals surface area contributed by atoms with Crippen LogP contribution >= 0.6 is 0 Å². The molecule has 0 aromatic carbocycles. The van der Waals surface area contributed by atoms with Crippen molar-refractivity contribution in [2.75, 3.05) is 0 Å². The highest BCUT2D eigenvalue weighted by molar-refractivity contribution is 5.77. The normalized spacial score (nSPS) is 51.2. The SMILES string of the molecule is CCC(C)(C)C(O)OC1C2OC(=O)C3CC4C1C4C32. The van der Waals surface area contributed by atoms with Gasteiger partial charge in [0, 0.05) is 11.3 Å². The van der Waals surface area contributed by atoms with Crippen LogP contribution in [0.25, 0.3) is 0 Å². The molecular weight excluding hydrogens is 244 g/mol. The molecule has 4 aliphatic rings. The smallest absolute Gasteiger partial charge is 0.309 e. The molecule has 8 atom stereocenters. The second-order valence-electron chi connectivity index (χ2n) is 7.43. The van der Waals surface area contributed by atoms with Crippen molar-refractivity contribution in [2.45, 2.75) is 52.1 Å². The minimum absolute atomic E-state index is 0.0292. The molecule has 8 unspecified atom stereocenters. The summed E-state index contributed by atoms with van der Waals surface area (Å²) in [6, 6.07) is 0. The van der Waals surface area contributed by atoms with E-state index in [0.29, 0.717) is 23.7 Å². The van der Waals surface area contributed by atoms with Crippen LogP contribution in [0.1, 0.15) is 33.6 Å². The van der Waals surface area contributed by atoms with E-state index in [0.717, 1.165) is 12.8 Å². The van der Waals surface area contributed by atoms with Crippen LogP contribution in [0, 0.1) is 35.0 Å². The van der Waals surface area contributed by atoms with Crippen molar-refractivity contribution in [3.05, 3.63) is 0 Å². The predicted octanol–water partition coefficient (Wildman–Crippen LogP) is 1.56. The van der Waals surface area contributed by atoms with Crippen molar-refractivity contribution < 1.29 is 19.4 Å². The van der Waals surface area contributed by atoms with E-state index in [9.17, 15) is 9.90 Å². The van der Waals surface area contributed by atoms with Gasteiger partial charge < -0.3 is 14.6 Å². The van der Waals surface area contributed by atoms with E-state index in [-0.39, 0.29) is 29.5 Å². The molecule has 3 aliphatic carbocycles. The number of esters is 1. The Hall–Kier alpha value is -0.610. The maximum atomic E-state index is 11.8. The third kappa shape index (κ3) is 1.39. The summed E-state index contributed by atoms with van der Waals surface area (Å²) in [4.78, 5) is 11.8. The molecule has 1 saturated heterocycles. The highest BCUT2D eigenvalue weighted by Gasteiger charge is 2.78. The number of carbonyl (C=O) groups excluding carboxylic acids is 1. The zero-order valence-electron chi connectivity index (χ0n) is 11.7. The summed E-state index contributed by atoms with van der Waals surface area (Å²) in [5.74, 6) is 2.29. The number of ether oxygens (including phenoxy) is 2. The molecule has 106 valence electrons. The Morgan fingerprint density at radius 1 is 1.42 bits per heavy atom. The van der Waals surface area contributed by atoms with Gasteiger partial charge in [-0.3, -0.25) is 4.79 Å². The second-order valence-corrected chi connectivity index (χ2v) is 7.43. The van der Waals surface area contributed by atoms with Crippen LogP contribution in [0.3, 0.4) is 0 Å². The highest BCUT2D eigenvalue weighted by atomic mass is 16.6.